The van der Waals surface area contributed by atoms with Crippen LogP contribution in [0.15, 0.2) is 59.8 Å². The first-order chi connectivity index (χ1) is 19.9. The molecule has 2 fully saturated rings. The number of allylic oxidation sites excluding steroid dienone is 2. The van der Waals surface area contributed by atoms with Crippen molar-refractivity contribution < 1.29 is 29.3 Å². The third-order valence-corrected chi connectivity index (χ3v) is 8.70. The Kier molecular flexibility index (Phi) is 8.98. The van der Waals surface area contributed by atoms with Crippen LogP contribution in [0.5, 0.6) is 5.75 Å². The highest BCUT2D eigenvalue weighted by atomic mass is 16.5. The van der Waals surface area contributed by atoms with E-state index in [2.05, 4.69) is 18.0 Å². The molecule has 2 N–H and O–H groups in total. The number of pyridine rings is 1. The maximum Gasteiger partial charge on any atom is 0.303 e. The first-order valence-corrected chi connectivity index (χ1v) is 14.7. The molecule has 5 rings (SSSR count). The van der Waals surface area contributed by atoms with E-state index in [1.807, 2.05) is 30.3 Å². The molecule has 0 radical (unpaired) electrons. The fourth-order valence-electron chi connectivity index (χ4n) is 6.71. The van der Waals surface area contributed by atoms with Gasteiger partial charge in [-0.2, -0.15) is 0 Å². The number of ether oxygens (including phenoxy) is 1. The number of aromatic nitrogens is 1. The molecule has 3 aliphatic rings. The monoisotopic (exact) mass is 558 g/mol. The van der Waals surface area contributed by atoms with Gasteiger partial charge in [0.2, 0.25) is 11.8 Å². The second-order valence-corrected chi connectivity index (χ2v) is 11.2. The molecule has 2 aliphatic heterocycles. The van der Waals surface area contributed by atoms with E-state index in [0.717, 1.165) is 36.1 Å². The maximum absolute atomic E-state index is 13.5. The fraction of sp³-hybridized carbons (Fsp3) is 0.455. The van der Waals surface area contributed by atoms with Gasteiger partial charge >= 0.3 is 5.97 Å². The number of imide groups is 1. The molecule has 2 aromatic rings. The van der Waals surface area contributed by atoms with E-state index in [1.165, 1.54) is 16.0 Å². The molecule has 2 amide bonds. The molecule has 1 aromatic heterocycles. The van der Waals surface area contributed by atoms with Crippen molar-refractivity contribution in [2.24, 2.45) is 17.8 Å². The van der Waals surface area contributed by atoms with Crippen LogP contribution >= 0.6 is 0 Å². The molecular formula is C33H38N2O6. The van der Waals surface area contributed by atoms with E-state index in [-0.39, 0.29) is 47.8 Å². The largest absolute Gasteiger partial charge is 0.508 e. The minimum Gasteiger partial charge on any atom is -0.508 e. The lowest BCUT2D eigenvalue weighted by molar-refractivity contribution is -0.141. The maximum atomic E-state index is 13.5. The van der Waals surface area contributed by atoms with Crippen LogP contribution in [0.25, 0.3) is 11.6 Å². The van der Waals surface area contributed by atoms with Crippen LogP contribution in [0.1, 0.15) is 69.5 Å². The zero-order chi connectivity index (χ0) is 28.9. The summed E-state index contributed by atoms with van der Waals surface area (Å²) in [7, 11) is 0. The number of aliphatic carboxylic acids is 1. The molecule has 3 heterocycles. The van der Waals surface area contributed by atoms with Gasteiger partial charge in [0.05, 0.1) is 30.2 Å². The van der Waals surface area contributed by atoms with Crippen molar-refractivity contribution in [3.8, 4) is 5.75 Å². The molecule has 0 spiro atoms. The number of carboxylic acid groups (broad SMARTS) is 1. The van der Waals surface area contributed by atoms with Crippen molar-refractivity contribution in [3.05, 3.63) is 71.1 Å². The Hall–Kier alpha value is -3.78. The number of carbonyl (C=O) groups is 3. The molecule has 0 bridgehead atoms. The number of hydrogen-bond donors (Lipinski definition) is 2. The van der Waals surface area contributed by atoms with Crippen LogP contribution in [-0.4, -0.2) is 57.1 Å². The highest BCUT2D eigenvalue weighted by molar-refractivity contribution is 6.06. The molecule has 0 unspecified atom stereocenters. The zero-order valence-electron chi connectivity index (χ0n) is 23.5. The number of phenolic OH excluding ortho intramolecular Hbond substituents is 1. The highest BCUT2D eigenvalue weighted by Crippen LogP contribution is 2.50. The van der Waals surface area contributed by atoms with E-state index >= 15 is 0 Å². The predicted octanol–water partition coefficient (Wildman–Crippen LogP) is 5.48. The fourth-order valence-corrected chi connectivity index (χ4v) is 6.71. The lowest BCUT2D eigenvalue weighted by atomic mass is 9.69. The second kappa shape index (κ2) is 12.8. The van der Waals surface area contributed by atoms with Crippen molar-refractivity contribution in [1.29, 1.82) is 0 Å². The minimum absolute atomic E-state index is 0.0819. The van der Waals surface area contributed by atoms with Gasteiger partial charge in [-0.05, 0) is 85.6 Å². The number of phenols is 1. The lowest BCUT2D eigenvalue weighted by Crippen LogP contribution is -2.34. The molecule has 8 nitrogen and oxygen atoms in total. The average molecular weight is 559 g/mol. The van der Waals surface area contributed by atoms with E-state index < -0.39 is 5.97 Å². The zero-order valence-corrected chi connectivity index (χ0v) is 23.5. The Bertz CT molecular complexity index is 1330. The van der Waals surface area contributed by atoms with Gasteiger partial charge in [0.25, 0.3) is 0 Å². The third kappa shape index (κ3) is 6.27. The molecule has 2 saturated heterocycles. The minimum atomic E-state index is -0.825. The number of carboxylic acids is 1. The number of aromatic hydroxyl groups is 1. The Morgan fingerprint density at radius 2 is 1.85 bits per heavy atom. The lowest BCUT2D eigenvalue weighted by Gasteiger charge is -2.31. The topological polar surface area (TPSA) is 117 Å². The average Bonchev–Trinajstić information content (AvgIpc) is 3.50. The molecule has 1 aromatic carbocycles. The SMILES string of the molecule is CCC1=C2[C@@H](CC/C(=C/c3ccc(O)cc3)c3ccccn3)OC[C@@H]2[C@@H]2C(=O)N(CCCCCC(=O)O)C(=O)[C@@H]2C1. The highest BCUT2D eigenvalue weighted by Gasteiger charge is 2.56. The summed E-state index contributed by atoms with van der Waals surface area (Å²) in [4.78, 5) is 43.7. The summed E-state index contributed by atoms with van der Waals surface area (Å²) in [5.74, 6) is -1.57. The molecule has 0 saturated carbocycles. The van der Waals surface area contributed by atoms with Gasteiger partial charge in [-0.1, -0.05) is 37.1 Å². The summed E-state index contributed by atoms with van der Waals surface area (Å²) >= 11 is 0. The number of nitrogens with zero attached hydrogens (tertiary/aromatic N) is 2. The molecular weight excluding hydrogens is 520 g/mol. The Labute approximate surface area is 240 Å². The van der Waals surface area contributed by atoms with Crippen molar-refractivity contribution in [1.82, 2.24) is 9.88 Å². The second-order valence-electron chi connectivity index (χ2n) is 11.2. The Morgan fingerprint density at radius 1 is 1.05 bits per heavy atom. The standard InChI is InChI=1S/C33H38N2O6/c1-2-22-19-25-31(33(40)35(32(25)39)17-7-3-4-9-29(37)38)26-20-41-28(30(22)26)15-12-23(27-8-5-6-16-34-27)18-21-10-13-24(36)14-11-21/h5-6,8,10-11,13-14,16,18,25-26,28,31,36H,2-4,7,9,12,15,17,19-20H2,1H3,(H,37,38)/b23-18-/t25-,26+,28-,31-/m1/s1. The van der Waals surface area contributed by atoms with E-state index in [1.54, 1.807) is 18.3 Å². The molecule has 1 aliphatic carbocycles. The predicted molar refractivity (Wildman–Crippen MR) is 154 cm³/mol. The van der Waals surface area contributed by atoms with Gasteiger partial charge in [-0.25, -0.2) is 0 Å². The van der Waals surface area contributed by atoms with Crippen LogP contribution in [-0.2, 0) is 19.1 Å². The van der Waals surface area contributed by atoms with Crippen LogP contribution in [0, 0.1) is 17.8 Å². The van der Waals surface area contributed by atoms with Gasteiger partial charge in [0.1, 0.15) is 5.75 Å². The van der Waals surface area contributed by atoms with E-state index in [9.17, 15) is 19.5 Å². The molecule has 41 heavy (non-hydrogen) atoms. The van der Waals surface area contributed by atoms with Gasteiger partial charge in [0, 0.05) is 25.1 Å². The Balaban J connectivity index is 1.31. The number of fused-ring (bicyclic) bond motifs is 3. The molecule has 216 valence electrons. The van der Waals surface area contributed by atoms with Crippen molar-refractivity contribution in [2.75, 3.05) is 13.2 Å². The van der Waals surface area contributed by atoms with Gasteiger partial charge in [-0.3, -0.25) is 24.3 Å². The summed E-state index contributed by atoms with van der Waals surface area (Å²) in [6.07, 6.45) is 8.59. The van der Waals surface area contributed by atoms with Crippen LogP contribution in [0.3, 0.4) is 0 Å². The van der Waals surface area contributed by atoms with Crippen LogP contribution in [0.2, 0.25) is 0 Å². The van der Waals surface area contributed by atoms with E-state index in [4.69, 9.17) is 9.84 Å². The normalized spacial score (nSPS) is 24.1. The summed E-state index contributed by atoms with van der Waals surface area (Å²) in [5, 5.41) is 18.5. The summed E-state index contributed by atoms with van der Waals surface area (Å²) < 4.78 is 6.37. The summed E-state index contributed by atoms with van der Waals surface area (Å²) in [6, 6.07) is 12.9. The number of benzene rings is 1. The molecule has 4 atom stereocenters. The number of carbonyl (C=O) groups excluding carboxylic acids is 2. The molecule has 8 heteroatoms. The third-order valence-electron chi connectivity index (χ3n) is 8.70. The number of unbranched alkanes of at least 4 members (excludes halogenated alkanes) is 2. The number of likely N-dealkylation sites (tertiary alicyclic amines) is 1. The van der Waals surface area contributed by atoms with Crippen molar-refractivity contribution >= 4 is 29.4 Å². The number of hydrogen-bond acceptors (Lipinski definition) is 6. The first-order valence-electron chi connectivity index (χ1n) is 14.7. The van der Waals surface area contributed by atoms with Crippen molar-refractivity contribution in [2.45, 2.75) is 64.4 Å². The Morgan fingerprint density at radius 3 is 2.56 bits per heavy atom. The number of amides is 2. The summed E-state index contributed by atoms with van der Waals surface area (Å²) in [6.45, 7) is 2.91. The first kappa shape index (κ1) is 28.7. The van der Waals surface area contributed by atoms with E-state index in [0.29, 0.717) is 38.8 Å². The van der Waals surface area contributed by atoms with Crippen molar-refractivity contribution in [3.63, 3.8) is 0 Å². The van der Waals surface area contributed by atoms with Gasteiger partial charge < -0.3 is 14.9 Å². The van der Waals surface area contributed by atoms with Gasteiger partial charge in [-0.15, -0.1) is 0 Å². The van der Waals surface area contributed by atoms with Crippen LogP contribution < -0.4 is 0 Å². The number of rotatable bonds is 12. The van der Waals surface area contributed by atoms with Crippen LogP contribution in [0.4, 0.5) is 0 Å². The smallest absolute Gasteiger partial charge is 0.303 e. The quantitative estimate of drug-likeness (QED) is 0.201. The van der Waals surface area contributed by atoms with Gasteiger partial charge in [0.15, 0.2) is 0 Å². The summed E-state index contributed by atoms with van der Waals surface area (Å²) in [5.41, 5.74) is 5.38.